The van der Waals surface area contributed by atoms with Crippen LogP contribution in [0.15, 0.2) is 158 Å². The summed E-state index contributed by atoms with van der Waals surface area (Å²) in [6.07, 6.45) is 0. The molecule has 0 saturated heterocycles. The van der Waals surface area contributed by atoms with Crippen LogP contribution in [0.2, 0.25) is 0 Å². The van der Waals surface area contributed by atoms with Gasteiger partial charge in [-0.15, -0.1) is 0 Å². The predicted octanol–water partition coefficient (Wildman–Crippen LogP) is 13.7. The molecule has 1 aliphatic carbocycles. The van der Waals surface area contributed by atoms with Gasteiger partial charge in [0.2, 0.25) is 0 Å². The summed E-state index contributed by atoms with van der Waals surface area (Å²) in [6, 6.07) is 59.2. The minimum Gasteiger partial charge on any atom is -0.0616 e. The van der Waals surface area contributed by atoms with Crippen LogP contribution in [-0.2, 0) is 5.41 Å². The molecule has 0 amide bonds. The summed E-state index contributed by atoms with van der Waals surface area (Å²) in [5.41, 5.74) is 10.6. The van der Waals surface area contributed by atoms with E-state index in [1.165, 1.54) is 109 Å². The fourth-order valence-electron chi connectivity index (χ4n) is 9.59. The summed E-state index contributed by atoms with van der Waals surface area (Å²) >= 11 is 0. The Morgan fingerprint density at radius 2 is 0.755 bits per heavy atom. The van der Waals surface area contributed by atoms with Gasteiger partial charge < -0.3 is 0 Å². The third-order valence-electron chi connectivity index (χ3n) is 11.5. The quantitative estimate of drug-likeness (QED) is 0.169. The molecule has 0 nitrogen and oxygen atoms in total. The average molecular weight is 621 g/mol. The van der Waals surface area contributed by atoms with Crippen LogP contribution in [-0.4, -0.2) is 0 Å². The van der Waals surface area contributed by atoms with E-state index >= 15 is 0 Å². The first-order valence-corrected chi connectivity index (χ1v) is 17.4. The van der Waals surface area contributed by atoms with Crippen molar-refractivity contribution in [2.24, 2.45) is 0 Å². The maximum Gasteiger partial charge on any atom is 0.0171 e. The molecule has 0 spiro atoms. The average Bonchev–Trinajstić information content (AvgIpc) is 3.40. The van der Waals surface area contributed by atoms with E-state index in [1.807, 2.05) is 0 Å². The maximum atomic E-state index is 2.43. The molecular weight excluding hydrogens is 589 g/mol. The van der Waals surface area contributed by atoms with E-state index in [1.54, 1.807) is 0 Å². The molecule has 10 aromatic rings. The molecular formula is C49H32. The normalized spacial score (nSPS) is 13.7. The van der Waals surface area contributed by atoms with Crippen LogP contribution in [0.3, 0.4) is 0 Å². The molecule has 1 aliphatic rings. The highest BCUT2D eigenvalue weighted by Crippen LogP contribution is 2.57. The third-order valence-corrected chi connectivity index (χ3v) is 11.5. The van der Waals surface area contributed by atoms with Gasteiger partial charge in [-0.05, 0) is 109 Å². The molecule has 0 bridgehead atoms. The van der Waals surface area contributed by atoms with Crippen molar-refractivity contribution in [3.63, 3.8) is 0 Å². The highest BCUT2D eigenvalue weighted by molar-refractivity contribution is 6.26. The van der Waals surface area contributed by atoms with E-state index in [9.17, 15) is 0 Å². The number of hydrogen-bond donors (Lipinski definition) is 0. The molecule has 0 saturated carbocycles. The fourth-order valence-corrected chi connectivity index (χ4v) is 9.59. The molecule has 0 radical (unpaired) electrons. The molecule has 0 fully saturated rings. The molecule has 0 heteroatoms. The Morgan fingerprint density at radius 3 is 1.47 bits per heavy atom. The first kappa shape index (κ1) is 27.0. The Bertz CT molecular complexity index is 2990. The molecule has 0 unspecified atom stereocenters. The molecule has 49 heavy (non-hydrogen) atoms. The summed E-state index contributed by atoms with van der Waals surface area (Å²) in [5, 5.41) is 15.9. The zero-order valence-corrected chi connectivity index (χ0v) is 27.5. The van der Waals surface area contributed by atoms with E-state index in [2.05, 4.69) is 172 Å². The number of fused-ring (bicyclic) bond motifs is 9. The summed E-state index contributed by atoms with van der Waals surface area (Å²) in [7, 11) is 0. The first-order chi connectivity index (χ1) is 24.1. The number of benzene rings is 10. The van der Waals surface area contributed by atoms with Crippen molar-refractivity contribution >= 4 is 64.6 Å². The predicted molar refractivity (Wildman–Crippen MR) is 211 cm³/mol. The monoisotopic (exact) mass is 620 g/mol. The van der Waals surface area contributed by atoms with Crippen LogP contribution in [0.5, 0.6) is 0 Å². The standard InChI is InChI=1S/C49H32/c1-49(2)47-41(19-10-20-43(47)46-39-17-7-5-15-34(39)35-16-6-8-18-42(35)48(46)49)38-28-27-36(32-13-3-4-14-33(32)38)37-25-23-31-22-21-29-11-9-12-30-24-26-40(37)45(31)44(29)30/h3-28H,1-2H3. The molecule has 11 rings (SSSR count). The van der Waals surface area contributed by atoms with Gasteiger partial charge in [-0.2, -0.15) is 0 Å². The second-order valence-corrected chi connectivity index (χ2v) is 14.4. The third kappa shape index (κ3) is 3.48. The van der Waals surface area contributed by atoms with Gasteiger partial charge in [0.1, 0.15) is 0 Å². The number of rotatable bonds is 2. The van der Waals surface area contributed by atoms with Crippen molar-refractivity contribution in [1.29, 1.82) is 0 Å². The summed E-state index contributed by atoms with van der Waals surface area (Å²) < 4.78 is 0. The van der Waals surface area contributed by atoms with Gasteiger partial charge in [0.25, 0.3) is 0 Å². The molecule has 0 atom stereocenters. The van der Waals surface area contributed by atoms with E-state index in [-0.39, 0.29) is 5.41 Å². The Balaban J connectivity index is 1.18. The Kier molecular flexibility index (Phi) is 5.27. The lowest BCUT2D eigenvalue weighted by Crippen LogP contribution is -2.17. The Labute approximate surface area is 285 Å². The zero-order valence-electron chi connectivity index (χ0n) is 27.5. The van der Waals surface area contributed by atoms with Crippen molar-refractivity contribution in [1.82, 2.24) is 0 Å². The van der Waals surface area contributed by atoms with Gasteiger partial charge in [-0.3, -0.25) is 0 Å². The zero-order chi connectivity index (χ0) is 32.4. The first-order valence-electron chi connectivity index (χ1n) is 17.4. The maximum absolute atomic E-state index is 2.43. The van der Waals surface area contributed by atoms with Crippen molar-refractivity contribution < 1.29 is 0 Å². The van der Waals surface area contributed by atoms with Crippen molar-refractivity contribution in [3.8, 4) is 33.4 Å². The lowest BCUT2D eigenvalue weighted by atomic mass is 9.76. The SMILES string of the molecule is CC1(C)c2c(-c3ccc(-c4ccc5ccc6cccc7ccc4c5c67)c4ccccc34)cccc2-c2c1c1ccccc1c1ccccc21. The van der Waals surface area contributed by atoms with Crippen molar-refractivity contribution in [2.45, 2.75) is 19.3 Å². The van der Waals surface area contributed by atoms with Crippen LogP contribution in [0.1, 0.15) is 25.0 Å². The molecule has 0 heterocycles. The highest BCUT2D eigenvalue weighted by Gasteiger charge is 2.40. The summed E-state index contributed by atoms with van der Waals surface area (Å²) in [5.74, 6) is 0. The van der Waals surface area contributed by atoms with Gasteiger partial charge >= 0.3 is 0 Å². The van der Waals surface area contributed by atoms with Crippen LogP contribution in [0.25, 0.3) is 98.0 Å². The second kappa shape index (κ2) is 9.56. The molecule has 0 N–H and O–H groups in total. The van der Waals surface area contributed by atoms with Crippen LogP contribution in [0, 0.1) is 0 Å². The summed E-state index contributed by atoms with van der Waals surface area (Å²) in [4.78, 5) is 0. The largest absolute Gasteiger partial charge is 0.0616 e. The highest BCUT2D eigenvalue weighted by atomic mass is 14.4. The minimum atomic E-state index is -0.184. The lowest BCUT2D eigenvalue weighted by Gasteiger charge is -2.27. The van der Waals surface area contributed by atoms with Crippen LogP contribution in [0.4, 0.5) is 0 Å². The van der Waals surface area contributed by atoms with E-state index in [4.69, 9.17) is 0 Å². The van der Waals surface area contributed by atoms with E-state index < -0.39 is 0 Å². The van der Waals surface area contributed by atoms with Gasteiger partial charge in [-0.1, -0.05) is 172 Å². The molecule has 0 aliphatic heterocycles. The Hall–Kier alpha value is -5.98. The molecule has 0 aromatic heterocycles. The van der Waals surface area contributed by atoms with Crippen molar-refractivity contribution in [3.05, 3.63) is 169 Å². The lowest BCUT2D eigenvalue weighted by molar-refractivity contribution is 0.668. The second-order valence-electron chi connectivity index (χ2n) is 14.4. The van der Waals surface area contributed by atoms with E-state index in [0.29, 0.717) is 0 Å². The van der Waals surface area contributed by atoms with Crippen LogP contribution >= 0.6 is 0 Å². The minimum absolute atomic E-state index is 0.184. The van der Waals surface area contributed by atoms with Crippen LogP contribution < -0.4 is 0 Å². The topological polar surface area (TPSA) is 0 Å². The van der Waals surface area contributed by atoms with Gasteiger partial charge in [0.05, 0.1) is 0 Å². The van der Waals surface area contributed by atoms with Gasteiger partial charge in [0.15, 0.2) is 0 Å². The Morgan fingerprint density at radius 1 is 0.286 bits per heavy atom. The smallest absolute Gasteiger partial charge is 0.0171 e. The van der Waals surface area contributed by atoms with E-state index in [0.717, 1.165) is 0 Å². The fraction of sp³-hybridized carbons (Fsp3) is 0.0612. The van der Waals surface area contributed by atoms with Crippen molar-refractivity contribution in [2.75, 3.05) is 0 Å². The summed E-state index contributed by atoms with van der Waals surface area (Å²) in [6.45, 7) is 4.87. The molecule has 228 valence electrons. The number of hydrogen-bond acceptors (Lipinski definition) is 0. The molecule has 10 aromatic carbocycles. The van der Waals surface area contributed by atoms with Gasteiger partial charge in [0, 0.05) is 5.41 Å². The van der Waals surface area contributed by atoms with Gasteiger partial charge in [-0.25, -0.2) is 0 Å².